The van der Waals surface area contributed by atoms with Gasteiger partial charge in [-0.1, -0.05) is 55.6 Å². The van der Waals surface area contributed by atoms with Crippen molar-refractivity contribution in [1.29, 1.82) is 0 Å². The molecule has 34 heavy (non-hydrogen) atoms. The molecule has 2 aromatic carbocycles. The number of aromatic nitrogens is 1. The number of nitrogens with one attached hydrogen (secondary N) is 2. The number of benzene rings is 2. The van der Waals surface area contributed by atoms with Gasteiger partial charge in [-0.05, 0) is 59.7 Å². The molecule has 0 spiro atoms. The van der Waals surface area contributed by atoms with Crippen LogP contribution >= 0.6 is 0 Å². The number of nitrogens with zero attached hydrogens (tertiary/aromatic N) is 1. The summed E-state index contributed by atoms with van der Waals surface area (Å²) >= 11 is 0. The molecule has 2 N–H and O–H groups in total. The first-order valence-electron chi connectivity index (χ1n) is 11.6. The van der Waals surface area contributed by atoms with Crippen LogP contribution in [0, 0.1) is 6.92 Å². The van der Waals surface area contributed by atoms with Crippen LogP contribution in [0.5, 0.6) is 0 Å². The second-order valence-electron chi connectivity index (χ2n) is 9.55. The summed E-state index contributed by atoms with van der Waals surface area (Å²) in [5, 5.41) is 6.52. The van der Waals surface area contributed by atoms with E-state index >= 15 is 0 Å². The van der Waals surface area contributed by atoms with E-state index in [0.29, 0.717) is 0 Å². The molecule has 3 nitrogen and oxygen atoms in total. The Bertz CT molecular complexity index is 1300. The number of rotatable bonds is 7. The number of fused-ring (bicyclic) bond motifs is 1. The summed E-state index contributed by atoms with van der Waals surface area (Å²) in [6, 6.07) is 18.0. The van der Waals surface area contributed by atoms with Crippen LogP contribution in [0.1, 0.15) is 40.7 Å². The summed E-state index contributed by atoms with van der Waals surface area (Å²) < 4.78 is 27.8. The molecule has 0 bridgehead atoms. The number of hydrogen-bond donors (Lipinski definition) is 2. The molecular formula is C29H29F2N3. The van der Waals surface area contributed by atoms with Gasteiger partial charge in [0.25, 0.3) is 5.92 Å². The Kier molecular flexibility index (Phi) is 5.31. The molecule has 0 aliphatic heterocycles. The highest BCUT2D eigenvalue weighted by Crippen LogP contribution is 2.54. The minimum absolute atomic E-state index is 0.159. The molecule has 2 aliphatic rings. The largest absolute Gasteiger partial charge is 0.388 e. The summed E-state index contributed by atoms with van der Waals surface area (Å²) in [6.07, 6.45) is 1.56. The minimum atomic E-state index is -2.63. The first kappa shape index (κ1) is 22.3. The van der Waals surface area contributed by atoms with E-state index in [1.54, 1.807) is 0 Å². The summed E-state index contributed by atoms with van der Waals surface area (Å²) in [4.78, 5) is 4.90. The molecule has 5 rings (SSSR count). The molecule has 0 amide bonds. The first-order chi connectivity index (χ1) is 16.2. The zero-order chi connectivity index (χ0) is 24.1. The smallest absolute Gasteiger partial charge is 0.256 e. The molecule has 1 saturated carbocycles. The predicted octanol–water partition coefficient (Wildman–Crippen LogP) is 6.64. The van der Waals surface area contributed by atoms with E-state index in [-0.39, 0.29) is 18.3 Å². The van der Waals surface area contributed by atoms with Crippen molar-refractivity contribution in [1.82, 2.24) is 10.3 Å². The van der Waals surface area contributed by atoms with Crippen molar-refractivity contribution in [2.45, 2.75) is 43.9 Å². The lowest BCUT2D eigenvalue weighted by molar-refractivity contribution is 0.0130. The van der Waals surface area contributed by atoms with Gasteiger partial charge < -0.3 is 10.6 Å². The fraction of sp³-hybridized carbons (Fsp3) is 0.276. The lowest BCUT2D eigenvalue weighted by atomic mass is 9.90. The van der Waals surface area contributed by atoms with Crippen LogP contribution in [0.2, 0.25) is 0 Å². The molecule has 5 heteroatoms. The van der Waals surface area contributed by atoms with Crippen LogP contribution in [0.15, 0.2) is 73.5 Å². The molecule has 3 aromatic rings. The summed E-state index contributed by atoms with van der Waals surface area (Å²) in [7, 11) is 1.86. The third-order valence-electron chi connectivity index (χ3n) is 7.15. The normalized spacial score (nSPS) is 17.1. The number of halogens is 2. The van der Waals surface area contributed by atoms with Crippen molar-refractivity contribution in [2.24, 2.45) is 0 Å². The molecule has 2 aliphatic carbocycles. The number of alkyl halides is 2. The number of hydrogen-bond acceptors (Lipinski definition) is 3. The highest BCUT2D eigenvalue weighted by Gasteiger charge is 2.48. The fourth-order valence-electron chi connectivity index (χ4n) is 4.93. The van der Waals surface area contributed by atoms with E-state index in [1.807, 2.05) is 56.4 Å². The van der Waals surface area contributed by atoms with E-state index in [4.69, 9.17) is 4.98 Å². The highest BCUT2D eigenvalue weighted by atomic mass is 19.3. The topological polar surface area (TPSA) is 37.0 Å². The molecular weight excluding hydrogens is 428 g/mol. The van der Waals surface area contributed by atoms with E-state index in [1.165, 1.54) is 0 Å². The van der Waals surface area contributed by atoms with Gasteiger partial charge in [0.05, 0.1) is 5.69 Å². The second-order valence-corrected chi connectivity index (χ2v) is 9.55. The maximum absolute atomic E-state index is 13.9. The van der Waals surface area contributed by atoms with Crippen LogP contribution < -0.4 is 10.6 Å². The maximum atomic E-state index is 13.9. The van der Waals surface area contributed by atoms with Crippen molar-refractivity contribution in [3.63, 3.8) is 0 Å². The Morgan fingerprint density at radius 2 is 1.74 bits per heavy atom. The van der Waals surface area contributed by atoms with Crippen molar-refractivity contribution in [3.8, 4) is 11.3 Å². The Balaban J connectivity index is 1.40. The van der Waals surface area contributed by atoms with Gasteiger partial charge >= 0.3 is 0 Å². The molecule has 0 saturated heterocycles. The zero-order valence-corrected chi connectivity index (χ0v) is 19.6. The number of anilines is 1. The highest BCUT2D eigenvalue weighted by molar-refractivity contribution is 5.72. The Hall–Kier alpha value is -3.47. The third kappa shape index (κ3) is 4.00. The van der Waals surface area contributed by atoms with E-state index < -0.39 is 5.92 Å². The van der Waals surface area contributed by atoms with E-state index in [0.717, 1.165) is 69.1 Å². The van der Waals surface area contributed by atoms with Gasteiger partial charge in [-0.3, -0.25) is 0 Å². The quantitative estimate of drug-likeness (QED) is 0.418. The summed E-state index contributed by atoms with van der Waals surface area (Å²) in [6.45, 7) is 10.4. The second kappa shape index (κ2) is 8.08. The summed E-state index contributed by atoms with van der Waals surface area (Å²) in [5.74, 6) is -1.91. The zero-order valence-electron chi connectivity index (χ0n) is 19.6. The van der Waals surface area contributed by atoms with Crippen molar-refractivity contribution >= 4 is 11.5 Å². The molecule has 1 fully saturated rings. The van der Waals surface area contributed by atoms with Gasteiger partial charge in [0, 0.05) is 42.3 Å². The molecule has 0 radical (unpaired) electrons. The lowest BCUT2D eigenvalue weighted by Gasteiger charge is -2.22. The van der Waals surface area contributed by atoms with Gasteiger partial charge in [-0.2, -0.15) is 0 Å². The molecule has 1 aromatic heterocycles. The average Bonchev–Trinajstić information content (AvgIpc) is 3.57. The average molecular weight is 458 g/mol. The Morgan fingerprint density at radius 3 is 2.47 bits per heavy atom. The van der Waals surface area contributed by atoms with Gasteiger partial charge in [0.1, 0.15) is 5.82 Å². The number of allylic oxidation sites excluding steroid dienone is 1. The fourth-order valence-corrected chi connectivity index (χ4v) is 4.93. The van der Waals surface area contributed by atoms with Gasteiger partial charge in [0.15, 0.2) is 0 Å². The summed E-state index contributed by atoms with van der Waals surface area (Å²) in [5.41, 5.74) is 8.07. The van der Waals surface area contributed by atoms with Crippen LogP contribution in [-0.4, -0.2) is 18.0 Å². The van der Waals surface area contributed by atoms with E-state index in [2.05, 4.69) is 35.9 Å². The molecule has 0 atom stereocenters. The van der Waals surface area contributed by atoms with Crippen LogP contribution in [0.25, 0.3) is 17.0 Å². The van der Waals surface area contributed by atoms with Crippen LogP contribution in [0.3, 0.4) is 0 Å². The Morgan fingerprint density at radius 1 is 0.971 bits per heavy atom. The van der Waals surface area contributed by atoms with Crippen LogP contribution in [0.4, 0.5) is 14.6 Å². The van der Waals surface area contributed by atoms with E-state index in [9.17, 15) is 8.78 Å². The molecule has 1 heterocycles. The third-order valence-corrected chi connectivity index (χ3v) is 7.15. The SMILES string of the molecule is C=C(NC)c1cccc(-c2nc(NC(=C)C3(c4ccc5c(c4)CC(F)(F)C5)CC3)ccc2C)c1. The number of aryl methyl sites for hydroxylation is 1. The Labute approximate surface area is 199 Å². The lowest BCUT2D eigenvalue weighted by Crippen LogP contribution is -2.17. The standard InChI is InChI=1S/C29H29F2N3/c1-18-8-11-26(34-27(18)22-7-5-6-21(14-22)19(2)32-4)33-20(3)28(12-13-28)25-10-9-23-16-29(30,31)17-24(23)15-25/h5-11,14-15,32H,2-3,12-13,16-17H2,1,4H3,(H,33,34). The van der Waals surface area contributed by atoms with Crippen molar-refractivity contribution in [2.75, 3.05) is 12.4 Å². The first-order valence-corrected chi connectivity index (χ1v) is 11.6. The van der Waals surface area contributed by atoms with Gasteiger partial charge in [-0.15, -0.1) is 0 Å². The number of pyridine rings is 1. The van der Waals surface area contributed by atoms with Crippen molar-refractivity contribution < 1.29 is 8.78 Å². The van der Waals surface area contributed by atoms with Crippen LogP contribution in [-0.2, 0) is 18.3 Å². The minimum Gasteiger partial charge on any atom is -0.388 e. The monoisotopic (exact) mass is 457 g/mol. The van der Waals surface area contributed by atoms with Gasteiger partial charge in [0.2, 0.25) is 0 Å². The van der Waals surface area contributed by atoms with Gasteiger partial charge in [-0.25, -0.2) is 13.8 Å². The maximum Gasteiger partial charge on any atom is 0.256 e. The molecule has 174 valence electrons. The van der Waals surface area contributed by atoms with Crippen molar-refractivity contribution in [3.05, 3.63) is 101 Å². The predicted molar refractivity (Wildman–Crippen MR) is 135 cm³/mol. The molecule has 0 unspecified atom stereocenters.